The third-order valence-corrected chi connectivity index (χ3v) is 2.72. The van der Waals surface area contributed by atoms with E-state index in [2.05, 4.69) is 15.3 Å². The van der Waals surface area contributed by atoms with Gasteiger partial charge in [-0.1, -0.05) is 0 Å². The molecule has 21 heavy (non-hydrogen) atoms. The molecule has 0 spiro atoms. The van der Waals surface area contributed by atoms with Crippen LogP contribution in [-0.2, 0) is 0 Å². The van der Waals surface area contributed by atoms with Crippen molar-refractivity contribution in [2.45, 2.75) is 26.9 Å². The highest BCUT2D eigenvalue weighted by Crippen LogP contribution is 2.23. The third-order valence-electron chi connectivity index (χ3n) is 2.72. The van der Waals surface area contributed by atoms with Gasteiger partial charge in [0, 0.05) is 6.20 Å². The zero-order chi connectivity index (χ0) is 15.4. The van der Waals surface area contributed by atoms with Crippen LogP contribution in [0.2, 0.25) is 0 Å². The topological polar surface area (TPSA) is 90.1 Å². The molecule has 0 fully saturated rings. The first-order chi connectivity index (χ1) is 9.97. The van der Waals surface area contributed by atoms with Gasteiger partial charge in [0.05, 0.1) is 29.2 Å². The summed E-state index contributed by atoms with van der Waals surface area (Å²) in [5.41, 5.74) is 7.66. The molecule has 2 rings (SSSR count). The van der Waals surface area contributed by atoms with Crippen molar-refractivity contribution in [1.82, 2.24) is 9.97 Å². The molecule has 0 saturated carbocycles. The zero-order valence-corrected chi connectivity index (χ0v) is 12.3. The van der Waals surface area contributed by atoms with E-state index in [1.807, 2.05) is 13.8 Å². The Hall–Kier alpha value is -2.63. The number of hydrogen-bond donors (Lipinski definition) is 2. The number of carbonyl (C=O) groups excluding carboxylic acids is 1. The maximum Gasteiger partial charge on any atom is 0.257 e. The van der Waals surface area contributed by atoms with Gasteiger partial charge in [-0.25, -0.2) is 4.98 Å². The highest BCUT2D eigenvalue weighted by atomic mass is 16.5. The first kappa shape index (κ1) is 14.8. The van der Waals surface area contributed by atoms with E-state index < -0.39 is 0 Å². The Bertz CT molecular complexity index is 656. The summed E-state index contributed by atoms with van der Waals surface area (Å²) >= 11 is 0. The molecule has 0 unspecified atom stereocenters. The van der Waals surface area contributed by atoms with Gasteiger partial charge in [0.25, 0.3) is 5.91 Å². The van der Waals surface area contributed by atoms with E-state index in [1.54, 1.807) is 31.3 Å². The summed E-state index contributed by atoms with van der Waals surface area (Å²) in [6, 6.07) is 5.06. The average Bonchev–Trinajstić information content (AvgIpc) is 2.43. The van der Waals surface area contributed by atoms with Gasteiger partial charge < -0.3 is 15.8 Å². The molecule has 2 aromatic rings. The number of nitrogens with zero attached hydrogens (tertiary/aromatic N) is 2. The average molecular weight is 286 g/mol. The number of amides is 1. The van der Waals surface area contributed by atoms with Crippen LogP contribution in [0.1, 0.15) is 29.9 Å². The van der Waals surface area contributed by atoms with Crippen molar-refractivity contribution in [3.05, 3.63) is 41.9 Å². The summed E-state index contributed by atoms with van der Waals surface area (Å²) in [5.74, 6) is 0.0873. The number of ether oxygens (including phenoxy) is 1. The smallest absolute Gasteiger partial charge is 0.257 e. The van der Waals surface area contributed by atoms with Crippen LogP contribution in [0.4, 0.5) is 11.4 Å². The van der Waals surface area contributed by atoms with Gasteiger partial charge in [-0.3, -0.25) is 9.78 Å². The fraction of sp³-hybridized carbons (Fsp3) is 0.267. The van der Waals surface area contributed by atoms with Crippen LogP contribution in [0.3, 0.4) is 0 Å². The molecule has 1 amide bonds. The molecule has 0 atom stereocenters. The number of rotatable bonds is 4. The second kappa shape index (κ2) is 6.21. The fourth-order valence-electron chi connectivity index (χ4n) is 1.77. The third kappa shape index (κ3) is 3.68. The number of carbonyl (C=O) groups is 1. The van der Waals surface area contributed by atoms with Crippen molar-refractivity contribution in [3.63, 3.8) is 0 Å². The van der Waals surface area contributed by atoms with E-state index in [0.717, 1.165) is 0 Å². The van der Waals surface area contributed by atoms with Crippen LogP contribution in [0.25, 0.3) is 0 Å². The molecular formula is C15H18N4O2. The number of nitrogen functional groups attached to an aromatic ring is 1. The minimum absolute atomic E-state index is 0.0358. The number of aromatic nitrogens is 2. The Morgan fingerprint density at radius 2 is 2.14 bits per heavy atom. The zero-order valence-electron chi connectivity index (χ0n) is 12.3. The van der Waals surface area contributed by atoms with Gasteiger partial charge in [0.1, 0.15) is 5.69 Å². The lowest BCUT2D eigenvalue weighted by molar-refractivity contribution is 0.102. The molecule has 0 aliphatic heterocycles. The Morgan fingerprint density at radius 3 is 2.86 bits per heavy atom. The van der Waals surface area contributed by atoms with Crippen molar-refractivity contribution in [3.8, 4) is 5.88 Å². The second-order valence-electron chi connectivity index (χ2n) is 4.88. The number of pyridine rings is 2. The van der Waals surface area contributed by atoms with Crippen molar-refractivity contribution >= 4 is 17.3 Å². The Balaban J connectivity index is 2.25. The summed E-state index contributed by atoms with van der Waals surface area (Å²) in [6.45, 7) is 5.54. The van der Waals surface area contributed by atoms with E-state index in [1.165, 1.54) is 6.20 Å². The maximum atomic E-state index is 12.3. The fourth-order valence-corrected chi connectivity index (χ4v) is 1.77. The summed E-state index contributed by atoms with van der Waals surface area (Å²) in [6.07, 6.45) is 3.09. The highest BCUT2D eigenvalue weighted by Gasteiger charge is 2.14. The molecule has 6 heteroatoms. The van der Waals surface area contributed by atoms with E-state index in [4.69, 9.17) is 10.5 Å². The molecule has 0 bridgehead atoms. The van der Waals surface area contributed by atoms with Crippen LogP contribution in [0, 0.1) is 6.92 Å². The summed E-state index contributed by atoms with van der Waals surface area (Å²) in [7, 11) is 0. The van der Waals surface area contributed by atoms with Crippen LogP contribution in [0.15, 0.2) is 30.6 Å². The molecule has 0 radical (unpaired) electrons. The largest absolute Gasteiger partial charge is 0.473 e. The number of aryl methyl sites for hydroxylation is 1. The maximum absolute atomic E-state index is 12.3. The second-order valence-corrected chi connectivity index (χ2v) is 4.88. The van der Waals surface area contributed by atoms with E-state index in [-0.39, 0.29) is 12.0 Å². The Morgan fingerprint density at radius 1 is 1.38 bits per heavy atom. The number of anilines is 2. The Kier molecular flexibility index (Phi) is 4.37. The molecule has 0 aromatic carbocycles. The van der Waals surface area contributed by atoms with Gasteiger partial charge in [-0.2, -0.15) is 0 Å². The molecule has 0 aliphatic carbocycles. The molecule has 0 saturated heterocycles. The lowest BCUT2D eigenvalue weighted by atomic mass is 10.2. The Labute approximate surface area is 123 Å². The van der Waals surface area contributed by atoms with Gasteiger partial charge in [0.15, 0.2) is 0 Å². The number of nitrogens with two attached hydrogens (primary N) is 1. The predicted octanol–water partition coefficient (Wildman–Crippen LogP) is 2.41. The normalized spacial score (nSPS) is 10.5. The first-order valence-electron chi connectivity index (χ1n) is 6.62. The minimum atomic E-state index is -0.297. The van der Waals surface area contributed by atoms with E-state index in [0.29, 0.717) is 28.5 Å². The molecule has 3 N–H and O–H groups in total. The van der Waals surface area contributed by atoms with E-state index in [9.17, 15) is 4.79 Å². The SMILES string of the molecule is Cc1ncc(N)cc1C(=O)Nc1cccnc1OC(C)C. The molecule has 2 aromatic heterocycles. The van der Waals surface area contributed by atoms with Crippen molar-refractivity contribution < 1.29 is 9.53 Å². The van der Waals surface area contributed by atoms with Crippen molar-refractivity contribution in [2.75, 3.05) is 11.1 Å². The van der Waals surface area contributed by atoms with Gasteiger partial charge in [0.2, 0.25) is 5.88 Å². The predicted molar refractivity (Wildman–Crippen MR) is 81.3 cm³/mol. The minimum Gasteiger partial charge on any atom is -0.473 e. The van der Waals surface area contributed by atoms with Gasteiger partial charge in [-0.05, 0) is 39.0 Å². The molecule has 110 valence electrons. The van der Waals surface area contributed by atoms with Crippen molar-refractivity contribution in [1.29, 1.82) is 0 Å². The van der Waals surface area contributed by atoms with Crippen LogP contribution >= 0.6 is 0 Å². The molecule has 6 nitrogen and oxygen atoms in total. The van der Waals surface area contributed by atoms with Crippen molar-refractivity contribution in [2.24, 2.45) is 0 Å². The van der Waals surface area contributed by atoms with Crippen LogP contribution < -0.4 is 15.8 Å². The lowest BCUT2D eigenvalue weighted by Gasteiger charge is -2.14. The number of hydrogen-bond acceptors (Lipinski definition) is 5. The highest BCUT2D eigenvalue weighted by molar-refractivity contribution is 6.06. The summed E-state index contributed by atoms with van der Waals surface area (Å²) in [4.78, 5) is 20.5. The molecular weight excluding hydrogens is 268 g/mol. The quantitative estimate of drug-likeness (QED) is 0.900. The number of nitrogens with one attached hydrogen (secondary N) is 1. The monoisotopic (exact) mass is 286 g/mol. The van der Waals surface area contributed by atoms with Gasteiger partial charge >= 0.3 is 0 Å². The van der Waals surface area contributed by atoms with Gasteiger partial charge in [-0.15, -0.1) is 0 Å². The molecule has 0 aliphatic rings. The van der Waals surface area contributed by atoms with Crippen LogP contribution in [-0.4, -0.2) is 22.0 Å². The first-order valence-corrected chi connectivity index (χ1v) is 6.62. The summed E-state index contributed by atoms with van der Waals surface area (Å²) < 4.78 is 5.57. The summed E-state index contributed by atoms with van der Waals surface area (Å²) in [5, 5.41) is 2.78. The van der Waals surface area contributed by atoms with E-state index >= 15 is 0 Å². The standard InChI is InChI=1S/C15H18N4O2/c1-9(2)21-15-13(5-4-6-17-15)19-14(20)12-7-11(16)8-18-10(12)3/h4-9H,16H2,1-3H3,(H,19,20). The molecule has 2 heterocycles. The lowest BCUT2D eigenvalue weighted by Crippen LogP contribution is -2.17. The van der Waals surface area contributed by atoms with Crippen LogP contribution in [0.5, 0.6) is 5.88 Å².